The van der Waals surface area contributed by atoms with Crippen molar-refractivity contribution in [3.8, 4) is 0 Å². The summed E-state index contributed by atoms with van der Waals surface area (Å²) in [6.45, 7) is 6.56. The van der Waals surface area contributed by atoms with Gasteiger partial charge in [0.05, 0.1) is 6.20 Å². The lowest BCUT2D eigenvalue weighted by atomic mass is 10.2. The van der Waals surface area contributed by atoms with Gasteiger partial charge in [0.15, 0.2) is 0 Å². The number of rotatable bonds is 5. The predicted octanol–water partition coefficient (Wildman–Crippen LogP) is 2.52. The van der Waals surface area contributed by atoms with E-state index in [1.54, 1.807) is 0 Å². The first-order valence-electron chi connectivity index (χ1n) is 5.40. The van der Waals surface area contributed by atoms with Gasteiger partial charge in [0, 0.05) is 23.8 Å². The van der Waals surface area contributed by atoms with E-state index in [4.69, 9.17) is 0 Å². The average molecular weight is 195 g/mol. The van der Waals surface area contributed by atoms with Crippen LogP contribution in [0.2, 0.25) is 0 Å². The maximum absolute atomic E-state index is 4.38. The summed E-state index contributed by atoms with van der Waals surface area (Å²) in [6.07, 6.45) is 6.49. The maximum atomic E-state index is 4.38. The number of aromatic nitrogens is 2. The topological polar surface area (TPSA) is 29.9 Å². The molecule has 3 nitrogen and oxygen atoms in total. The molecule has 0 fully saturated rings. The van der Waals surface area contributed by atoms with Gasteiger partial charge in [-0.15, -0.1) is 0 Å². The molecule has 0 aliphatic carbocycles. The van der Waals surface area contributed by atoms with Crippen molar-refractivity contribution in [3.63, 3.8) is 0 Å². The fraction of sp³-hybridized carbons (Fsp3) is 0.727. The van der Waals surface area contributed by atoms with Gasteiger partial charge in [0.2, 0.25) is 0 Å². The van der Waals surface area contributed by atoms with E-state index in [0.29, 0.717) is 12.1 Å². The Kier molecular flexibility index (Phi) is 4.14. The van der Waals surface area contributed by atoms with Gasteiger partial charge in [-0.05, 0) is 27.3 Å². The molecule has 2 unspecified atom stereocenters. The van der Waals surface area contributed by atoms with Crippen LogP contribution in [0.3, 0.4) is 0 Å². The van der Waals surface area contributed by atoms with Crippen molar-refractivity contribution in [2.24, 2.45) is 0 Å². The quantitative estimate of drug-likeness (QED) is 0.782. The summed E-state index contributed by atoms with van der Waals surface area (Å²) in [5.41, 5.74) is 1.26. The van der Waals surface area contributed by atoms with Crippen molar-refractivity contribution in [2.45, 2.75) is 45.7 Å². The second-order valence-corrected chi connectivity index (χ2v) is 3.90. The number of nitrogens with one attached hydrogen (secondary N) is 1. The zero-order valence-corrected chi connectivity index (χ0v) is 9.62. The van der Waals surface area contributed by atoms with E-state index in [2.05, 4.69) is 42.1 Å². The first-order valence-corrected chi connectivity index (χ1v) is 5.40. The van der Waals surface area contributed by atoms with Crippen LogP contribution >= 0.6 is 0 Å². The molecule has 14 heavy (non-hydrogen) atoms. The SMILES string of the molecule is CCCC(C)n1cc(C(C)NC)cn1. The molecule has 0 amide bonds. The molecule has 0 aliphatic rings. The van der Waals surface area contributed by atoms with E-state index in [1.165, 1.54) is 18.4 Å². The van der Waals surface area contributed by atoms with E-state index in [0.717, 1.165) is 0 Å². The summed E-state index contributed by atoms with van der Waals surface area (Å²) < 4.78 is 2.06. The Morgan fingerprint density at radius 2 is 2.21 bits per heavy atom. The van der Waals surface area contributed by atoms with Crippen molar-refractivity contribution in [1.29, 1.82) is 0 Å². The third-order valence-electron chi connectivity index (χ3n) is 2.71. The zero-order valence-electron chi connectivity index (χ0n) is 9.62. The Hall–Kier alpha value is -0.830. The Bertz CT molecular complexity index is 267. The van der Waals surface area contributed by atoms with E-state index in [9.17, 15) is 0 Å². The maximum Gasteiger partial charge on any atom is 0.0537 e. The highest BCUT2D eigenvalue weighted by molar-refractivity contribution is 5.09. The monoisotopic (exact) mass is 195 g/mol. The van der Waals surface area contributed by atoms with Crippen LogP contribution in [-0.2, 0) is 0 Å². The Morgan fingerprint density at radius 1 is 1.50 bits per heavy atom. The number of hydrogen-bond acceptors (Lipinski definition) is 2. The molecule has 0 saturated heterocycles. The minimum absolute atomic E-state index is 0.387. The van der Waals surface area contributed by atoms with E-state index >= 15 is 0 Å². The van der Waals surface area contributed by atoms with Gasteiger partial charge in [-0.2, -0.15) is 5.10 Å². The summed E-state index contributed by atoms with van der Waals surface area (Å²) in [5, 5.41) is 7.59. The van der Waals surface area contributed by atoms with Gasteiger partial charge in [-0.1, -0.05) is 13.3 Å². The van der Waals surface area contributed by atoms with Crippen molar-refractivity contribution in [3.05, 3.63) is 18.0 Å². The van der Waals surface area contributed by atoms with Crippen LogP contribution in [0, 0.1) is 0 Å². The minimum Gasteiger partial charge on any atom is -0.313 e. The average Bonchev–Trinajstić information content (AvgIpc) is 2.66. The molecule has 2 atom stereocenters. The molecule has 0 spiro atoms. The van der Waals surface area contributed by atoms with Crippen molar-refractivity contribution in [1.82, 2.24) is 15.1 Å². The normalized spacial score (nSPS) is 15.4. The second kappa shape index (κ2) is 5.15. The molecule has 1 aromatic rings. The molecular formula is C11H21N3. The predicted molar refractivity (Wildman–Crippen MR) is 59.3 cm³/mol. The van der Waals surface area contributed by atoms with Crippen LogP contribution in [0.5, 0.6) is 0 Å². The fourth-order valence-electron chi connectivity index (χ4n) is 1.53. The van der Waals surface area contributed by atoms with Crippen LogP contribution in [0.15, 0.2) is 12.4 Å². The van der Waals surface area contributed by atoms with E-state index in [1.807, 2.05) is 13.2 Å². The second-order valence-electron chi connectivity index (χ2n) is 3.90. The van der Waals surface area contributed by atoms with Crippen molar-refractivity contribution < 1.29 is 0 Å². The molecule has 0 aliphatic heterocycles. The molecule has 0 saturated carbocycles. The molecule has 1 N–H and O–H groups in total. The largest absolute Gasteiger partial charge is 0.313 e. The lowest BCUT2D eigenvalue weighted by molar-refractivity contribution is 0.454. The molecule has 1 aromatic heterocycles. The van der Waals surface area contributed by atoms with Crippen molar-refractivity contribution in [2.75, 3.05) is 7.05 Å². The molecule has 1 rings (SSSR count). The lowest BCUT2D eigenvalue weighted by Crippen LogP contribution is -2.11. The summed E-state index contributed by atoms with van der Waals surface area (Å²) in [7, 11) is 1.97. The van der Waals surface area contributed by atoms with E-state index in [-0.39, 0.29) is 0 Å². The van der Waals surface area contributed by atoms with Crippen molar-refractivity contribution >= 4 is 0 Å². The number of nitrogens with zero attached hydrogens (tertiary/aromatic N) is 2. The molecule has 80 valence electrons. The highest BCUT2D eigenvalue weighted by Crippen LogP contribution is 2.16. The minimum atomic E-state index is 0.387. The van der Waals surface area contributed by atoms with Crippen LogP contribution < -0.4 is 5.32 Å². The number of hydrogen-bond donors (Lipinski definition) is 1. The molecule has 0 bridgehead atoms. The van der Waals surface area contributed by atoms with Gasteiger partial charge in [0.25, 0.3) is 0 Å². The Morgan fingerprint density at radius 3 is 2.79 bits per heavy atom. The summed E-state index contributed by atoms with van der Waals surface area (Å²) in [6, 6.07) is 0.899. The molecule has 0 aromatic carbocycles. The Balaban J connectivity index is 2.67. The highest BCUT2D eigenvalue weighted by atomic mass is 15.3. The van der Waals surface area contributed by atoms with Gasteiger partial charge < -0.3 is 5.32 Å². The fourth-order valence-corrected chi connectivity index (χ4v) is 1.53. The first kappa shape index (κ1) is 11.2. The third kappa shape index (κ3) is 2.58. The molecule has 0 radical (unpaired) electrons. The lowest BCUT2D eigenvalue weighted by Gasteiger charge is -2.10. The van der Waals surface area contributed by atoms with Gasteiger partial charge >= 0.3 is 0 Å². The van der Waals surface area contributed by atoms with Crippen LogP contribution in [-0.4, -0.2) is 16.8 Å². The summed E-state index contributed by atoms with van der Waals surface area (Å²) in [4.78, 5) is 0. The van der Waals surface area contributed by atoms with Crippen LogP contribution in [0.25, 0.3) is 0 Å². The Labute approximate surface area is 86.5 Å². The first-order chi connectivity index (χ1) is 6.69. The zero-order chi connectivity index (χ0) is 10.6. The van der Waals surface area contributed by atoms with Gasteiger partial charge in [0.1, 0.15) is 0 Å². The molecule has 1 heterocycles. The van der Waals surface area contributed by atoms with Gasteiger partial charge in [-0.3, -0.25) is 4.68 Å². The summed E-state index contributed by atoms with van der Waals surface area (Å²) in [5.74, 6) is 0. The molecule has 3 heteroatoms. The standard InChI is InChI=1S/C11H21N3/c1-5-6-9(2)14-8-11(7-13-14)10(3)12-4/h7-10,12H,5-6H2,1-4H3. The molecular weight excluding hydrogens is 174 g/mol. The smallest absolute Gasteiger partial charge is 0.0537 e. The summed E-state index contributed by atoms with van der Waals surface area (Å²) >= 11 is 0. The highest BCUT2D eigenvalue weighted by Gasteiger charge is 2.08. The van der Waals surface area contributed by atoms with Crippen LogP contribution in [0.4, 0.5) is 0 Å². The van der Waals surface area contributed by atoms with E-state index < -0.39 is 0 Å². The van der Waals surface area contributed by atoms with Gasteiger partial charge in [-0.25, -0.2) is 0 Å². The third-order valence-corrected chi connectivity index (χ3v) is 2.71. The van der Waals surface area contributed by atoms with Crippen LogP contribution in [0.1, 0.15) is 51.3 Å².